The molecule has 0 spiro atoms. The highest BCUT2D eigenvalue weighted by atomic mass is 16.5. The number of methoxy groups -OCH3 is 1. The Morgan fingerprint density at radius 1 is 0.964 bits per heavy atom. The Bertz CT molecular complexity index is 2320. The van der Waals surface area contributed by atoms with E-state index in [1.165, 1.54) is 12.0 Å². The predicted molar refractivity (Wildman–Crippen MR) is 207 cm³/mol. The smallest absolute Gasteiger partial charge is 0.274 e. The zero-order valence-electron chi connectivity index (χ0n) is 31.6. The monoisotopic (exact) mass is 754 g/mol. The van der Waals surface area contributed by atoms with Crippen LogP contribution in [-0.2, 0) is 11.8 Å². The van der Waals surface area contributed by atoms with Crippen LogP contribution in [0.2, 0.25) is 0 Å². The highest BCUT2D eigenvalue weighted by molar-refractivity contribution is 6.21. The largest absolute Gasteiger partial charge is 0.495 e. The standard InChI is InChI=1S/C42H42N8O6/c1-42(2)21-29-34(38(52)45-32(24-10-6-5-7-11-24)23-50-39(53)27-12-8-9-13-28(27)40(50)54)48-56-36(29)35-30(42)22-43-41(47-35)46-31-15-14-25(20-33(31)55-4)37(51)44-26-16-18-49(3)19-17-26/h5-15,20,22,26,32H,16-19,21,23H2,1-4H3,(H,44,51)(H,45,52)(H,43,46,47)/t32-/m0/s1. The van der Waals surface area contributed by atoms with Gasteiger partial charge in [0.25, 0.3) is 23.6 Å². The average Bonchev–Trinajstić information content (AvgIpc) is 3.73. The quantitative estimate of drug-likeness (QED) is 0.158. The second kappa shape index (κ2) is 14.7. The summed E-state index contributed by atoms with van der Waals surface area (Å²) in [4.78, 5) is 66.6. The Kier molecular flexibility index (Phi) is 9.58. The Balaban J connectivity index is 1.03. The van der Waals surface area contributed by atoms with Gasteiger partial charge in [0.2, 0.25) is 5.95 Å². The normalized spacial score (nSPS) is 16.8. The molecular weight excluding hydrogens is 713 g/mol. The van der Waals surface area contributed by atoms with Gasteiger partial charge in [0.1, 0.15) is 11.4 Å². The van der Waals surface area contributed by atoms with Crippen LogP contribution in [0.15, 0.2) is 83.5 Å². The van der Waals surface area contributed by atoms with Crippen molar-refractivity contribution in [2.24, 2.45) is 0 Å². The number of carbonyl (C=O) groups is 4. The molecule has 8 rings (SSSR count). The lowest BCUT2D eigenvalue weighted by Gasteiger charge is -2.30. The SMILES string of the molecule is COc1cc(C(=O)NC2CCN(C)CC2)ccc1Nc1ncc2c(n1)-c1onc(C(=O)N[C@@H](CN3C(=O)c4ccccc4C3=O)c3ccccc3)c1CC2(C)C. The minimum Gasteiger partial charge on any atom is -0.495 e. The van der Waals surface area contributed by atoms with Gasteiger partial charge >= 0.3 is 0 Å². The maximum Gasteiger partial charge on any atom is 0.274 e. The van der Waals surface area contributed by atoms with Crippen molar-refractivity contribution in [2.75, 3.05) is 39.1 Å². The second-order valence-electron chi connectivity index (χ2n) is 15.1. The molecule has 4 amide bonds. The lowest BCUT2D eigenvalue weighted by molar-refractivity contribution is 0.0628. The van der Waals surface area contributed by atoms with E-state index in [0.29, 0.717) is 57.1 Å². The van der Waals surface area contributed by atoms with E-state index < -0.39 is 29.2 Å². The summed E-state index contributed by atoms with van der Waals surface area (Å²) in [5.41, 5.74) is 3.89. The molecule has 0 unspecified atom stereocenters. The van der Waals surface area contributed by atoms with E-state index in [-0.39, 0.29) is 30.1 Å². The van der Waals surface area contributed by atoms with Crippen LogP contribution in [0.1, 0.15) is 91.0 Å². The number of imide groups is 1. The van der Waals surface area contributed by atoms with E-state index in [4.69, 9.17) is 14.2 Å². The number of carbonyl (C=O) groups excluding carboxylic acids is 4. The maximum atomic E-state index is 14.1. The fourth-order valence-electron chi connectivity index (χ4n) is 7.70. The van der Waals surface area contributed by atoms with Gasteiger partial charge < -0.3 is 30.1 Å². The van der Waals surface area contributed by atoms with Crippen molar-refractivity contribution in [3.63, 3.8) is 0 Å². The predicted octanol–water partition coefficient (Wildman–Crippen LogP) is 5.31. The molecular formula is C42H42N8O6. The fraction of sp³-hybridized carbons (Fsp3) is 0.310. The molecule has 3 N–H and O–H groups in total. The number of fused-ring (bicyclic) bond motifs is 4. The summed E-state index contributed by atoms with van der Waals surface area (Å²) in [6.45, 7) is 5.87. The fourth-order valence-corrected chi connectivity index (χ4v) is 7.70. The number of piperidine rings is 1. The molecule has 2 aromatic heterocycles. The summed E-state index contributed by atoms with van der Waals surface area (Å²) in [6.07, 6.45) is 3.95. The molecule has 0 saturated carbocycles. The summed E-state index contributed by atoms with van der Waals surface area (Å²) in [5, 5.41) is 13.6. The highest BCUT2D eigenvalue weighted by Crippen LogP contribution is 2.44. The number of ether oxygens (including phenoxy) is 1. The highest BCUT2D eigenvalue weighted by Gasteiger charge is 2.41. The third kappa shape index (κ3) is 6.87. The van der Waals surface area contributed by atoms with Crippen molar-refractivity contribution in [1.29, 1.82) is 0 Å². The zero-order valence-corrected chi connectivity index (χ0v) is 31.6. The number of hydrogen-bond acceptors (Lipinski definition) is 11. The van der Waals surface area contributed by atoms with Crippen LogP contribution in [0.4, 0.5) is 11.6 Å². The molecule has 0 radical (unpaired) electrons. The lowest BCUT2D eigenvalue weighted by atomic mass is 9.74. The molecule has 1 saturated heterocycles. The van der Waals surface area contributed by atoms with E-state index in [1.807, 2.05) is 44.2 Å². The number of nitrogens with one attached hydrogen (secondary N) is 3. The first-order valence-corrected chi connectivity index (χ1v) is 18.6. The van der Waals surface area contributed by atoms with Crippen LogP contribution in [0.5, 0.6) is 5.75 Å². The van der Waals surface area contributed by atoms with Crippen LogP contribution in [-0.4, -0.2) is 88.4 Å². The van der Waals surface area contributed by atoms with Crippen molar-refractivity contribution < 1.29 is 28.4 Å². The molecule has 56 heavy (non-hydrogen) atoms. The maximum absolute atomic E-state index is 14.1. The van der Waals surface area contributed by atoms with E-state index >= 15 is 0 Å². The van der Waals surface area contributed by atoms with Gasteiger partial charge in [-0.05, 0) is 80.7 Å². The van der Waals surface area contributed by atoms with Crippen LogP contribution < -0.4 is 20.7 Å². The minimum atomic E-state index is -0.734. The molecule has 2 aliphatic heterocycles. The van der Waals surface area contributed by atoms with E-state index in [9.17, 15) is 19.2 Å². The van der Waals surface area contributed by atoms with Crippen molar-refractivity contribution in [3.05, 3.63) is 118 Å². The van der Waals surface area contributed by atoms with Crippen LogP contribution in [0.25, 0.3) is 11.5 Å². The Labute approximate surface area is 323 Å². The number of anilines is 2. The van der Waals surface area contributed by atoms with Crippen LogP contribution in [0, 0.1) is 0 Å². The van der Waals surface area contributed by atoms with Gasteiger partial charge in [-0.1, -0.05) is 61.5 Å². The Morgan fingerprint density at radius 2 is 1.66 bits per heavy atom. The minimum absolute atomic E-state index is 0.0772. The summed E-state index contributed by atoms with van der Waals surface area (Å²) in [5.74, 6) is -0.463. The van der Waals surface area contributed by atoms with Gasteiger partial charge in [-0.15, -0.1) is 0 Å². The van der Waals surface area contributed by atoms with Gasteiger partial charge in [-0.2, -0.15) is 0 Å². The molecule has 286 valence electrons. The zero-order chi connectivity index (χ0) is 39.1. The van der Waals surface area contributed by atoms with E-state index in [0.717, 1.165) is 31.5 Å². The summed E-state index contributed by atoms with van der Waals surface area (Å²) >= 11 is 0. The average molecular weight is 755 g/mol. The summed E-state index contributed by atoms with van der Waals surface area (Å²) in [7, 11) is 3.61. The molecule has 1 aliphatic carbocycles. The van der Waals surface area contributed by atoms with Gasteiger partial charge in [0.15, 0.2) is 11.5 Å². The Morgan fingerprint density at radius 3 is 2.36 bits per heavy atom. The molecule has 14 nitrogen and oxygen atoms in total. The van der Waals surface area contributed by atoms with Gasteiger partial charge in [0, 0.05) is 28.9 Å². The number of likely N-dealkylation sites (tertiary alicyclic amines) is 1. The van der Waals surface area contributed by atoms with Crippen molar-refractivity contribution >= 4 is 35.3 Å². The van der Waals surface area contributed by atoms with Gasteiger partial charge in [-0.3, -0.25) is 24.1 Å². The Hall–Kier alpha value is -6.41. The molecule has 0 bridgehead atoms. The molecule has 3 aliphatic rings. The van der Waals surface area contributed by atoms with Crippen LogP contribution >= 0.6 is 0 Å². The van der Waals surface area contributed by atoms with Crippen molar-refractivity contribution in [2.45, 2.75) is 50.6 Å². The molecule has 3 aromatic carbocycles. The second-order valence-corrected chi connectivity index (χ2v) is 15.1. The number of nitrogens with zero attached hydrogens (tertiary/aromatic N) is 5. The van der Waals surface area contributed by atoms with Crippen molar-refractivity contribution in [3.8, 4) is 17.2 Å². The first-order valence-electron chi connectivity index (χ1n) is 18.6. The number of hydrogen-bond donors (Lipinski definition) is 3. The van der Waals surface area contributed by atoms with Gasteiger partial charge in [-0.25, -0.2) is 9.97 Å². The number of benzene rings is 3. The topological polar surface area (TPSA) is 172 Å². The third-order valence-corrected chi connectivity index (χ3v) is 10.9. The third-order valence-electron chi connectivity index (χ3n) is 10.9. The number of aromatic nitrogens is 3. The lowest BCUT2D eigenvalue weighted by Crippen LogP contribution is -2.43. The molecule has 14 heteroatoms. The molecule has 5 aromatic rings. The first-order chi connectivity index (χ1) is 27.0. The van der Waals surface area contributed by atoms with Crippen molar-refractivity contribution in [1.82, 2.24) is 35.6 Å². The number of amides is 4. The van der Waals surface area contributed by atoms with Crippen LogP contribution in [0.3, 0.4) is 0 Å². The summed E-state index contributed by atoms with van der Waals surface area (Å²) < 4.78 is 11.5. The van der Waals surface area contributed by atoms with E-state index in [2.05, 4.69) is 38.0 Å². The number of rotatable bonds is 10. The van der Waals surface area contributed by atoms with E-state index in [1.54, 1.807) is 48.7 Å². The molecule has 4 heterocycles. The molecule has 1 atom stereocenters. The first kappa shape index (κ1) is 36.6. The van der Waals surface area contributed by atoms with Gasteiger partial charge in [0.05, 0.1) is 36.5 Å². The molecule has 1 fully saturated rings. The summed E-state index contributed by atoms with van der Waals surface area (Å²) in [6, 6.07) is 20.4.